The number of rotatable bonds is 2. The topological polar surface area (TPSA) is 47.6 Å². The van der Waals surface area contributed by atoms with Crippen molar-refractivity contribution in [1.29, 1.82) is 0 Å². The van der Waals surface area contributed by atoms with E-state index in [0.717, 1.165) is 0 Å². The van der Waals surface area contributed by atoms with Gasteiger partial charge in [-0.2, -0.15) is 0 Å². The van der Waals surface area contributed by atoms with Crippen molar-refractivity contribution in [1.82, 2.24) is 0 Å². The van der Waals surface area contributed by atoms with Gasteiger partial charge in [0.2, 0.25) is 0 Å². The fourth-order valence-electron chi connectivity index (χ4n) is 1.20. The van der Waals surface area contributed by atoms with Gasteiger partial charge in [-0.15, -0.1) is 0 Å². The molecule has 0 heterocycles. The van der Waals surface area contributed by atoms with E-state index >= 15 is 0 Å². The second kappa shape index (κ2) is 5.73. The largest absolute Gasteiger partial charge is 0.494 e. The zero-order valence-electron chi connectivity index (χ0n) is 10.6. The highest BCUT2D eigenvalue weighted by Gasteiger charge is 2.18. The molecule has 6 heteroatoms. The van der Waals surface area contributed by atoms with Gasteiger partial charge in [-0.1, -0.05) is 0 Å². The van der Waals surface area contributed by atoms with Crippen molar-refractivity contribution in [2.75, 3.05) is 12.4 Å². The van der Waals surface area contributed by atoms with E-state index in [1.54, 1.807) is 49.4 Å². The molecule has 0 saturated heterocycles. The van der Waals surface area contributed by atoms with Gasteiger partial charge in [-0.05, 0) is 55.5 Å². The third-order valence-electron chi connectivity index (χ3n) is 1.90. The molecule has 0 aliphatic rings. The van der Waals surface area contributed by atoms with Crippen molar-refractivity contribution in [2.45, 2.75) is 26.4 Å². The minimum atomic E-state index is -0.620. The van der Waals surface area contributed by atoms with Gasteiger partial charge in [0.15, 0.2) is 11.6 Å². The molecule has 0 aliphatic carbocycles. The van der Waals surface area contributed by atoms with E-state index in [9.17, 15) is 9.18 Å². The number of hydrogen-bond donors (Lipinski definition) is 1. The maximum atomic E-state index is 13.7. The minimum Gasteiger partial charge on any atom is -0.494 e. The van der Waals surface area contributed by atoms with E-state index in [2.05, 4.69) is 5.32 Å². The van der Waals surface area contributed by atoms with Crippen LogP contribution < -0.4 is 10.1 Å². The molecule has 1 aromatic rings. The van der Waals surface area contributed by atoms with Crippen LogP contribution in [0.4, 0.5) is 14.9 Å². The van der Waals surface area contributed by atoms with E-state index in [0.29, 0.717) is 5.69 Å². The van der Waals surface area contributed by atoms with Crippen LogP contribution in [0.1, 0.15) is 20.8 Å². The van der Waals surface area contributed by atoms with Gasteiger partial charge < -0.3 is 9.47 Å². The molecule has 0 radical (unpaired) electrons. The van der Waals surface area contributed by atoms with Crippen LogP contribution in [-0.4, -0.2) is 18.8 Å². The Kier molecular flexibility index (Phi) is 4.78. The lowest BCUT2D eigenvalue weighted by molar-refractivity contribution is 0.0636. The highest BCUT2D eigenvalue weighted by atomic mass is 127. The Morgan fingerprint density at radius 3 is 2.50 bits per heavy atom. The van der Waals surface area contributed by atoms with Gasteiger partial charge in [0.1, 0.15) is 5.60 Å². The molecule has 0 atom stereocenters. The predicted octanol–water partition coefficient (Wildman–Crippen LogP) is 3.79. The standard InChI is InChI=1S/C12H15FINO3/c1-12(2,3)18-11(16)15-7-5-6-8(17-4)9(13)10(7)14/h5-6H,1-4H3,(H,15,16). The molecule has 100 valence electrons. The summed E-state index contributed by atoms with van der Waals surface area (Å²) in [5.74, 6) is -0.374. The lowest BCUT2D eigenvalue weighted by Crippen LogP contribution is -2.27. The summed E-state index contributed by atoms with van der Waals surface area (Å²) in [5, 5.41) is 2.49. The smallest absolute Gasteiger partial charge is 0.412 e. The highest BCUT2D eigenvalue weighted by molar-refractivity contribution is 14.1. The number of nitrogens with one attached hydrogen (secondary N) is 1. The molecule has 0 aromatic heterocycles. The molecule has 1 N–H and O–H groups in total. The second-order valence-electron chi connectivity index (χ2n) is 4.57. The lowest BCUT2D eigenvalue weighted by Gasteiger charge is -2.20. The van der Waals surface area contributed by atoms with E-state index in [1.165, 1.54) is 13.2 Å². The molecule has 18 heavy (non-hydrogen) atoms. The van der Waals surface area contributed by atoms with Crippen LogP contribution in [0.3, 0.4) is 0 Å². The van der Waals surface area contributed by atoms with Crippen molar-refractivity contribution in [3.05, 3.63) is 21.5 Å². The number of carbonyl (C=O) groups excluding carboxylic acids is 1. The Morgan fingerprint density at radius 2 is 2.00 bits per heavy atom. The van der Waals surface area contributed by atoms with Crippen LogP contribution in [0.25, 0.3) is 0 Å². The van der Waals surface area contributed by atoms with Crippen LogP contribution in [0.2, 0.25) is 0 Å². The van der Waals surface area contributed by atoms with Crippen molar-refractivity contribution in [3.8, 4) is 5.75 Å². The van der Waals surface area contributed by atoms with Gasteiger partial charge in [0.25, 0.3) is 0 Å². The first-order chi connectivity index (χ1) is 8.24. The van der Waals surface area contributed by atoms with E-state index in [1.807, 2.05) is 0 Å². The van der Waals surface area contributed by atoms with Gasteiger partial charge in [-0.25, -0.2) is 9.18 Å². The number of anilines is 1. The van der Waals surface area contributed by atoms with Gasteiger partial charge >= 0.3 is 6.09 Å². The molecule has 1 rings (SSSR count). The van der Waals surface area contributed by atoms with Crippen molar-refractivity contribution < 1.29 is 18.7 Å². The fraction of sp³-hybridized carbons (Fsp3) is 0.417. The monoisotopic (exact) mass is 367 g/mol. The Bertz CT molecular complexity index is 457. The third-order valence-corrected chi connectivity index (χ3v) is 2.96. The molecule has 4 nitrogen and oxygen atoms in total. The Morgan fingerprint density at radius 1 is 1.39 bits per heavy atom. The molecule has 1 amide bonds. The lowest BCUT2D eigenvalue weighted by atomic mass is 10.2. The van der Waals surface area contributed by atoms with Crippen LogP contribution >= 0.6 is 22.6 Å². The first-order valence-corrected chi connectivity index (χ1v) is 6.34. The average molecular weight is 367 g/mol. The quantitative estimate of drug-likeness (QED) is 0.810. The first-order valence-electron chi connectivity index (χ1n) is 5.26. The van der Waals surface area contributed by atoms with Crippen molar-refractivity contribution in [3.63, 3.8) is 0 Å². The van der Waals surface area contributed by atoms with E-state index < -0.39 is 17.5 Å². The van der Waals surface area contributed by atoms with Crippen molar-refractivity contribution >= 4 is 34.4 Å². The summed E-state index contributed by atoms with van der Waals surface area (Å²) in [6.07, 6.45) is -0.620. The van der Waals surface area contributed by atoms with E-state index in [4.69, 9.17) is 9.47 Å². The molecule has 1 aromatic carbocycles. The van der Waals surface area contributed by atoms with Crippen LogP contribution in [0, 0.1) is 9.39 Å². The zero-order chi connectivity index (χ0) is 13.9. The first kappa shape index (κ1) is 15.0. The summed E-state index contributed by atoms with van der Waals surface area (Å²) in [5.41, 5.74) is -0.247. The number of carbonyl (C=O) groups is 1. The number of benzene rings is 1. The number of hydrogen-bond acceptors (Lipinski definition) is 3. The Hall–Kier alpha value is -1.05. The Labute approximate surface area is 119 Å². The van der Waals surface area contributed by atoms with Gasteiger partial charge in [0.05, 0.1) is 16.4 Å². The molecular formula is C12H15FINO3. The van der Waals surface area contributed by atoms with Gasteiger partial charge in [0, 0.05) is 0 Å². The maximum absolute atomic E-state index is 13.7. The van der Waals surface area contributed by atoms with Crippen molar-refractivity contribution in [2.24, 2.45) is 0 Å². The summed E-state index contributed by atoms with van der Waals surface area (Å²) >= 11 is 1.80. The summed E-state index contributed by atoms with van der Waals surface area (Å²) in [6.45, 7) is 5.27. The summed E-state index contributed by atoms with van der Waals surface area (Å²) in [6, 6.07) is 3.01. The minimum absolute atomic E-state index is 0.133. The molecule has 0 saturated carbocycles. The average Bonchev–Trinajstić information content (AvgIpc) is 2.22. The van der Waals surface area contributed by atoms with Gasteiger partial charge in [-0.3, -0.25) is 5.32 Å². The number of ether oxygens (including phenoxy) is 2. The second-order valence-corrected chi connectivity index (χ2v) is 5.65. The van der Waals surface area contributed by atoms with Crippen LogP contribution in [0.5, 0.6) is 5.75 Å². The zero-order valence-corrected chi connectivity index (χ0v) is 12.8. The van der Waals surface area contributed by atoms with Crippen LogP contribution in [0.15, 0.2) is 12.1 Å². The number of amides is 1. The third kappa shape index (κ3) is 4.01. The number of halogens is 2. The molecule has 0 unspecified atom stereocenters. The predicted molar refractivity (Wildman–Crippen MR) is 75.5 cm³/mol. The molecule has 0 spiro atoms. The molecule has 0 bridgehead atoms. The SMILES string of the molecule is COc1ccc(NC(=O)OC(C)(C)C)c(I)c1F. The summed E-state index contributed by atoms with van der Waals surface area (Å²) in [7, 11) is 1.38. The molecule has 0 fully saturated rings. The maximum Gasteiger partial charge on any atom is 0.412 e. The fourth-order valence-corrected chi connectivity index (χ4v) is 1.78. The molecular weight excluding hydrogens is 352 g/mol. The summed E-state index contributed by atoms with van der Waals surface area (Å²) in [4.78, 5) is 11.6. The van der Waals surface area contributed by atoms with E-state index in [-0.39, 0.29) is 9.32 Å². The number of methoxy groups -OCH3 is 1. The highest BCUT2D eigenvalue weighted by Crippen LogP contribution is 2.28. The summed E-state index contributed by atoms with van der Waals surface area (Å²) < 4.78 is 23.9. The normalized spacial score (nSPS) is 11.0. The molecule has 0 aliphatic heterocycles. The van der Waals surface area contributed by atoms with Crippen LogP contribution in [-0.2, 0) is 4.74 Å². The Balaban J connectivity index is 2.86.